The molecule has 1 heterocycles. The predicted molar refractivity (Wildman–Crippen MR) is 138 cm³/mol. The SMILES string of the molecule is CC(C)CCCCCCCCCCCCCCC1=[N+](Cc2ccccc2)C(CCO)CN1.[Cl-]. The number of halogens is 1. The molecule has 0 radical (unpaired) electrons. The zero-order valence-corrected chi connectivity index (χ0v) is 22.3. The lowest BCUT2D eigenvalue weighted by molar-refractivity contribution is -0.573. The number of amidine groups is 1. The number of unbranched alkanes of at least 4 members (excludes halogenated alkanes) is 11. The summed E-state index contributed by atoms with van der Waals surface area (Å²) in [6.45, 7) is 6.86. The minimum atomic E-state index is 0. The Morgan fingerprint density at radius 2 is 1.39 bits per heavy atom. The van der Waals surface area contributed by atoms with E-state index >= 15 is 0 Å². The smallest absolute Gasteiger partial charge is 0.245 e. The topological polar surface area (TPSA) is 35.3 Å². The van der Waals surface area contributed by atoms with Crippen molar-refractivity contribution in [2.24, 2.45) is 5.92 Å². The fourth-order valence-electron chi connectivity index (χ4n) is 4.92. The Kier molecular flexibility index (Phi) is 17.5. The van der Waals surface area contributed by atoms with E-state index in [9.17, 15) is 5.11 Å². The van der Waals surface area contributed by atoms with Crippen LogP contribution in [0.1, 0.15) is 116 Å². The van der Waals surface area contributed by atoms with Gasteiger partial charge in [-0.1, -0.05) is 121 Å². The second-order valence-corrected chi connectivity index (χ2v) is 10.3. The Morgan fingerprint density at radius 1 is 0.848 bits per heavy atom. The van der Waals surface area contributed by atoms with E-state index in [0.29, 0.717) is 6.04 Å². The minimum absolute atomic E-state index is 0. The summed E-state index contributed by atoms with van der Waals surface area (Å²) in [4.78, 5) is 0. The number of benzene rings is 1. The number of rotatable bonds is 19. The Bertz CT molecular complexity index is 617. The third-order valence-corrected chi connectivity index (χ3v) is 6.93. The fourth-order valence-corrected chi connectivity index (χ4v) is 4.92. The summed E-state index contributed by atoms with van der Waals surface area (Å²) >= 11 is 0. The van der Waals surface area contributed by atoms with Crippen LogP contribution in [-0.4, -0.2) is 34.7 Å². The second-order valence-electron chi connectivity index (χ2n) is 10.3. The molecule has 0 spiro atoms. The highest BCUT2D eigenvalue weighted by molar-refractivity contribution is 5.78. The zero-order valence-electron chi connectivity index (χ0n) is 21.5. The van der Waals surface area contributed by atoms with Gasteiger partial charge in [-0.3, -0.25) is 9.89 Å². The molecule has 1 aromatic rings. The van der Waals surface area contributed by atoms with Crippen molar-refractivity contribution >= 4 is 5.84 Å². The molecular weight excluding hydrogens is 428 g/mol. The monoisotopic (exact) mass is 478 g/mol. The maximum atomic E-state index is 9.45. The van der Waals surface area contributed by atoms with Gasteiger partial charge >= 0.3 is 0 Å². The Balaban J connectivity index is 0.00000544. The van der Waals surface area contributed by atoms with Crippen molar-refractivity contribution in [3.05, 3.63) is 35.9 Å². The van der Waals surface area contributed by atoms with Gasteiger partial charge in [0.15, 0.2) is 0 Å². The van der Waals surface area contributed by atoms with Gasteiger partial charge in [-0.25, -0.2) is 0 Å². The molecule has 4 heteroatoms. The van der Waals surface area contributed by atoms with E-state index in [0.717, 1.165) is 31.8 Å². The summed E-state index contributed by atoms with van der Waals surface area (Å²) in [7, 11) is 0. The first-order valence-corrected chi connectivity index (χ1v) is 13.7. The van der Waals surface area contributed by atoms with Gasteiger partial charge in [0, 0.05) is 19.4 Å². The highest BCUT2D eigenvalue weighted by Crippen LogP contribution is 2.16. The van der Waals surface area contributed by atoms with Crippen LogP contribution in [0.15, 0.2) is 30.3 Å². The van der Waals surface area contributed by atoms with Crippen LogP contribution in [0.2, 0.25) is 0 Å². The van der Waals surface area contributed by atoms with Gasteiger partial charge in [0.2, 0.25) is 5.84 Å². The molecule has 0 amide bonds. The van der Waals surface area contributed by atoms with Gasteiger partial charge in [-0.15, -0.1) is 0 Å². The van der Waals surface area contributed by atoms with Gasteiger partial charge in [0.25, 0.3) is 0 Å². The molecule has 0 saturated carbocycles. The standard InChI is InChI=1S/C29H50N2O.ClH/c1-26(2)18-14-11-9-7-5-3-4-6-8-10-12-17-21-29-30-24-28(22-23-32)31(29)25-27-19-15-13-16-20-27;/h13,15-16,19-20,26,28,32H,3-12,14,17-18,21-25H2,1-2H3;1H. The van der Waals surface area contributed by atoms with Crippen LogP contribution < -0.4 is 17.7 Å². The van der Waals surface area contributed by atoms with Gasteiger partial charge in [0.1, 0.15) is 19.1 Å². The number of hydrogen-bond acceptors (Lipinski definition) is 2. The largest absolute Gasteiger partial charge is 1.00 e. The lowest BCUT2D eigenvalue weighted by Crippen LogP contribution is -3.00. The summed E-state index contributed by atoms with van der Waals surface area (Å²) in [5.41, 5.74) is 1.35. The average Bonchev–Trinajstić information content (AvgIpc) is 3.16. The van der Waals surface area contributed by atoms with Crippen LogP contribution in [-0.2, 0) is 6.54 Å². The molecule has 0 aliphatic carbocycles. The molecule has 1 aliphatic heterocycles. The van der Waals surface area contributed by atoms with E-state index < -0.39 is 0 Å². The molecule has 0 fully saturated rings. The minimum Gasteiger partial charge on any atom is -1.00 e. The van der Waals surface area contributed by atoms with Crippen molar-refractivity contribution in [2.45, 2.75) is 123 Å². The molecule has 0 bridgehead atoms. The summed E-state index contributed by atoms with van der Waals surface area (Å²) in [6, 6.07) is 11.2. The first-order valence-electron chi connectivity index (χ1n) is 13.7. The Labute approximate surface area is 210 Å². The zero-order chi connectivity index (χ0) is 22.9. The van der Waals surface area contributed by atoms with E-state index in [2.05, 4.69) is 54.1 Å². The molecule has 190 valence electrons. The Morgan fingerprint density at radius 3 is 1.94 bits per heavy atom. The maximum Gasteiger partial charge on any atom is 0.245 e. The van der Waals surface area contributed by atoms with Gasteiger partial charge in [0.05, 0.1) is 0 Å². The Hall–Kier alpha value is -1.06. The van der Waals surface area contributed by atoms with Crippen LogP contribution in [0.4, 0.5) is 0 Å². The van der Waals surface area contributed by atoms with Gasteiger partial charge < -0.3 is 17.5 Å². The number of nitrogens with zero attached hydrogens (tertiary/aromatic N) is 1. The van der Waals surface area contributed by atoms with Crippen LogP contribution >= 0.6 is 0 Å². The van der Waals surface area contributed by atoms with E-state index in [-0.39, 0.29) is 19.0 Å². The number of aliphatic hydroxyl groups excluding tert-OH is 1. The van der Waals surface area contributed by atoms with Crippen molar-refractivity contribution in [2.75, 3.05) is 13.2 Å². The first-order chi connectivity index (χ1) is 15.7. The fraction of sp³-hybridized carbons (Fsp3) is 0.759. The molecular formula is C29H51ClN2O. The molecule has 33 heavy (non-hydrogen) atoms. The predicted octanol–water partition coefficient (Wildman–Crippen LogP) is 4.07. The van der Waals surface area contributed by atoms with Gasteiger partial charge in [-0.05, 0) is 17.9 Å². The van der Waals surface area contributed by atoms with Crippen molar-refractivity contribution in [3.8, 4) is 0 Å². The summed E-state index contributed by atoms with van der Waals surface area (Å²) in [5, 5.41) is 13.1. The van der Waals surface area contributed by atoms with Gasteiger partial charge in [-0.2, -0.15) is 0 Å². The lowest BCUT2D eigenvalue weighted by atomic mass is 10.0. The molecule has 1 unspecified atom stereocenters. The molecule has 3 nitrogen and oxygen atoms in total. The van der Waals surface area contributed by atoms with Crippen LogP contribution in [0, 0.1) is 5.92 Å². The third kappa shape index (κ3) is 13.4. The number of aliphatic hydroxyl groups is 1. The van der Waals surface area contributed by atoms with Crippen LogP contribution in [0.5, 0.6) is 0 Å². The number of nitrogens with one attached hydrogen (secondary N) is 1. The van der Waals surface area contributed by atoms with E-state index in [1.807, 2.05) is 0 Å². The molecule has 2 N–H and O–H groups in total. The van der Waals surface area contributed by atoms with Crippen molar-refractivity contribution in [1.82, 2.24) is 5.32 Å². The molecule has 1 aliphatic rings. The summed E-state index contributed by atoms with van der Waals surface area (Å²) < 4.78 is 2.51. The van der Waals surface area contributed by atoms with Crippen molar-refractivity contribution in [3.63, 3.8) is 0 Å². The van der Waals surface area contributed by atoms with E-state index in [1.165, 1.54) is 94.9 Å². The highest BCUT2D eigenvalue weighted by Gasteiger charge is 2.30. The highest BCUT2D eigenvalue weighted by atomic mass is 35.5. The maximum absolute atomic E-state index is 9.45. The second kappa shape index (κ2) is 19.3. The molecule has 1 aromatic carbocycles. The quantitative estimate of drug-likeness (QED) is 0.232. The molecule has 0 aromatic heterocycles. The molecule has 0 saturated heterocycles. The first kappa shape index (κ1) is 30.0. The molecule has 2 rings (SSSR count). The average molecular weight is 479 g/mol. The third-order valence-electron chi connectivity index (χ3n) is 6.93. The molecule has 1 atom stereocenters. The summed E-state index contributed by atoms with van der Waals surface area (Å²) in [5.74, 6) is 2.26. The normalized spacial score (nSPS) is 15.7. The summed E-state index contributed by atoms with van der Waals surface area (Å²) in [6.07, 6.45) is 20.3. The number of hydrogen-bond donors (Lipinski definition) is 2. The van der Waals surface area contributed by atoms with E-state index in [4.69, 9.17) is 0 Å². The van der Waals surface area contributed by atoms with Crippen LogP contribution in [0.25, 0.3) is 0 Å². The lowest BCUT2D eigenvalue weighted by Gasteiger charge is -2.12. The van der Waals surface area contributed by atoms with Crippen molar-refractivity contribution in [1.29, 1.82) is 0 Å². The van der Waals surface area contributed by atoms with E-state index in [1.54, 1.807) is 0 Å². The van der Waals surface area contributed by atoms with Crippen LogP contribution in [0.3, 0.4) is 0 Å². The van der Waals surface area contributed by atoms with Crippen molar-refractivity contribution < 1.29 is 22.1 Å².